The van der Waals surface area contributed by atoms with E-state index in [-0.39, 0.29) is 24.8 Å². The molecule has 4 rings (SSSR count). The van der Waals surface area contributed by atoms with Gasteiger partial charge in [0.1, 0.15) is 11.8 Å². The third kappa shape index (κ3) is 4.62. The summed E-state index contributed by atoms with van der Waals surface area (Å²) >= 11 is 0. The summed E-state index contributed by atoms with van der Waals surface area (Å²) in [7, 11) is -1.82. The molecule has 0 aliphatic carbocycles. The first-order valence-corrected chi connectivity index (χ1v) is 11.7. The normalized spacial score (nSPS) is 20.9. The highest BCUT2D eigenvalue weighted by Crippen LogP contribution is 2.30. The number of ether oxygens (including phenoxy) is 1. The summed E-state index contributed by atoms with van der Waals surface area (Å²) in [6.45, 7) is 0.148. The van der Waals surface area contributed by atoms with Crippen molar-refractivity contribution >= 4 is 39.7 Å². The second kappa shape index (κ2) is 8.16. The van der Waals surface area contributed by atoms with Crippen LogP contribution >= 0.6 is 0 Å². The van der Waals surface area contributed by atoms with Crippen LogP contribution in [0.1, 0.15) is 27.9 Å². The largest absolute Gasteiger partial charge is 0.497 e. The Kier molecular flexibility index (Phi) is 5.55. The second-order valence-electron chi connectivity index (χ2n) is 7.70. The van der Waals surface area contributed by atoms with E-state index in [0.717, 1.165) is 23.1 Å². The average Bonchev–Trinajstić information content (AvgIpc) is 3.11. The molecule has 0 radical (unpaired) electrons. The Morgan fingerprint density at radius 1 is 1.10 bits per heavy atom. The van der Waals surface area contributed by atoms with Crippen LogP contribution in [0, 0.1) is 0 Å². The second-order valence-corrected chi connectivity index (χ2v) is 9.48. The molecule has 31 heavy (non-hydrogen) atoms. The maximum Gasteiger partial charge on any atom is 0.256 e. The van der Waals surface area contributed by atoms with Gasteiger partial charge in [0, 0.05) is 12.6 Å². The molecular formula is C22H23N3O5S. The lowest BCUT2D eigenvalue weighted by Gasteiger charge is -2.20. The highest BCUT2D eigenvalue weighted by molar-refractivity contribution is 7.88. The van der Waals surface area contributed by atoms with E-state index in [0.29, 0.717) is 11.3 Å². The van der Waals surface area contributed by atoms with Crippen molar-refractivity contribution in [3.63, 3.8) is 0 Å². The zero-order valence-electron chi connectivity index (χ0n) is 17.2. The van der Waals surface area contributed by atoms with Gasteiger partial charge in [-0.15, -0.1) is 0 Å². The van der Waals surface area contributed by atoms with Gasteiger partial charge in [-0.05, 0) is 41.8 Å². The van der Waals surface area contributed by atoms with E-state index < -0.39 is 22.1 Å². The molecule has 162 valence electrons. The van der Waals surface area contributed by atoms with Gasteiger partial charge in [0.05, 0.1) is 24.6 Å². The van der Waals surface area contributed by atoms with Gasteiger partial charge >= 0.3 is 0 Å². The van der Waals surface area contributed by atoms with Crippen molar-refractivity contribution in [1.82, 2.24) is 9.62 Å². The summed E-state index contributed by atoms with van der Waals surface area (Å²) < 4.78 is 30.8. The Hall–Kier alpha value is -3.17. The third-order valence-electron chi connectivity index (χ3n) is 5.36. The molecule has 2 N–H and O–H groups in total. The van der Waals surface area contributed by atoms with Gasteiger partial charge in [0.2, 0.25) is 15.9 Å². The number of hydrogen-bond donors (Lipinski definition) is 2. The molecule has 1 saturated heterocycles. The first-order valence-electron chi connectivity index (χ1n) is 9.79. The number of benzene rings is 2. The lowest BCUT2D eigenvalue weighted by molar-refractivity contribution is -0.119. The summed E-state index contributed by atoms with van der Waals surface area (Å²) in [5.41, 5.74) is 2.62. The van der Waals surface area contributed by atoms with Crippen LogP contribution in [0.15, 0.2) is 42.5 Å². The highest BCUT2D eigenvalue weighted by atomic mass is 32.2. The number of carbonyl (C=O) groups is 2. The molecule has 2 aromatic carbocycles. The number of nitrogens with one attached hydrogen (secondary N) is 2. The number of hydrogen-bond acceptors (Lipinski definition) is 5. The monoisotopic (exact) mass is 441 g/mol. The number of rotatable bonds is 5. The van der Waals surface area contributed by atoms with Gasteiger partial charge in [-0.3, -0.25) is 9.59 Å². The molecule has 2 aliphatic heterocycles. The minimum atomic E-state index is -3.44. The van der Waals surface area contributed by atoms with E-state index in [1.165, 1.54) is 4.90 Å². The van der Waals surface area contributed by atoms with E-state index in [2.05, 4.69) is 10.0 Å². The van der Waals surface area contributed by atoms with Crippen LogP contribution in [0.4, 0.5) is 5.69 Å². The first kappa shape index (κ1) is 21.1. The van der Waals surface area contributed by atoms with Gasteiger partial charge < -0.3 is 15.0 Å². The summed E-state index contributed by atoms with van der Waals surface area (Å²) in [6, 6.07) is 11.7. The smallest absolute Gasteiger partial charge is 0.256 e. The number of methoxy groups -OCH3 is 1. The predicted molar refractivity (Wildman–Crippen MR) is 118 cm³/mol. The van der Waals surface area contributed by atoms with Gasteiger partial charge in [0.25, 0.3) is 5.91 Å². The van der Waals surface area contributed by atoms with Gasteiger partial charge in [-0.25, -0.2) is 13.1 Å². The standard InChI is InChI=1S/C22H23N3O5S/c1-30-17-8-5-14(6-9-17)3-4-15-7-10-19-18(11-15)22(27)25-13-16(24-31(2,28)29)12-20(25)21(26)23-19/h3-11,16,20,24H,12-13H2,1-2H3,(H,23,26)/t16-,20-/m0/s1. The molecule has 2 amide bonds. The molecule has 9 heteroatoms. The van der Waals surface area contributed by atoms with Gasteiger partial charge in [-0.2, -0.15) is 0 Å². The highest BCUT2D eigenvalue weighted by Gasteiger charge is 2.43. The van der Waals surface area contributed by atoms with Crippen molar-refractivity contribution in [3.8, 4) is 5.75 Å². The van der Waals surface area contributed by atoms with Crippen LogP contribution in [0.5, 0.6) is 5.75 Å². The molecule has 2 heterocycles. The van der Waals surface area contributed by atoms with Crippen molar-refractivity contribution in [1.29, 1.82) is 0 Å². The maximum absolute atomic E-state index is 13.2. The van der Waals surface area contributed by atoms with Crippen LogP contribution in [0.3, 0.4) is 0 Å². The molecular weight excluding hydrogens is 418 g/mol. The SMILES string of the molecule is COc1ccc(C=Cc2ccc3c(c2)C(=O)N2C[C@@H](NS(C)(=O)=O)C[C@H]2C(=O)N3)cc1. The van der Waals surface area contributed by atoms with Crippen molar-refractivity contribution in [2.75, 3.05) is 25.2 Å². The van der Waals surface area contributed by atoms with Crippen LogP contribution in [-0.2, 0) is 14.8 Å². The van der Waals surface area contributed by atoms with Gasteiger partial charge in [-0.1, -0.05) is 30.4 Å². The van der Waals surface area contributed by atoms with E-state index in [1.54, 1.807) is 19.2 Å². The Morgan fingerprint density at radius 3 is 2.45 bits per heavy atom. The average molecular weight is 442 g/mol. The zero-order valence-corrected chi connectivity index (χ0v) is 18.0. The first-order chi connectivity index (χ1) is 14.7. The molecule has 0 aromatic heterocycles. The Labute approximate surface area is 180 Å². The lowest BCUT2D eigenvalue weighted by Crippen LogP contribution is -2.41. The molecule has 0 saturated carbocycles. The molecule has 0 bridgehead atoms. The molecule has 8 nitrogen and oxygen atoms in total. The Balaban J connectivity index is 1.58. The summed E-state index contributed by atoms with van der Waals surface area (Å²) in [4.78, 5) is 27.3. The van der Waals surface area contributed by atoms with Crippen LogP contribution in [-0.4, -0.2) is 57.1 Å². The number of anilines is 1. The molecule has 2 aliphatic rings. The molecule has 0 spiro atoms. The lowest BCUT2D eigenvalue weighted by atomic mass is 10.1. The Bertz CT molecular complexity index is 1160. The molecule has 2 aromatic rings. The number of nitrogens with zero attached hydrogens (tertiary/aromatic N) is 1. The topological polar surface area (TPSA) is 105 Å². The zero-order chi connectivity index (χ0) is 22.2. The van der Waals surface area contributed by atoms with Gasteiger partial charge in [0.15, 0.2) is 0 Å². The van der Waals surface area contributed by atoms with Crippen molar-refractivity contribution in [2.45, 2.75) is 18.5 Å². The van der Waals surface area contributed by atoms with E-state index in [1.807, 2.05) is 42.5 Å². The van der Waals surface area contributed by atoms with Crippen LogP contribution in [0.2, 0.25) is 0 Å². The number of fused-ring (bicyclic) bond motifs is 2. The summed E-state index contributed by atoms with van der Waals surface area (Å²) in [5.74, 6) is 0.162. The third-order valence-corrected chi connectivity index (χ3v) is 6.12. The van der Waals surface area contributed by atoms with E-state index >= 15 is 0 Å². The quantitative estimate of drug-likeness (QED) is 0.690. The number of sulfonamides is 1. The van der Waals surface area contributed by atoms with E-state index in [9.17, 15) is 18.0 Å². The summed E-state index contributed by atoms with van der Waals surface area (Å²) in [6.07, 6.45) is 5.11. The number of amides is 2. The van der Waals surface area contributed by atoms with Crippen molar-refractivity contribution in [3.05, 3.63) is 59.2 Å². The van der Waals surface area contributed by atoms with Crippen molar-refractivity contribution < 1.29 is 22.7 Å². The Morgan fingerprint density at radius 2 is 1.77 bits per heavy atom. The minimum Gasteiger partial charge on any atom is -0.497 e. The molecule has 1 fully saturated rings. The van der Waals surface area contributed by atoms with Crippen LogP contribution < -0.4 is 14.8 Å². The van der Waals surface area contributed by atoms with Crippen molar-refractivity contribution in [2.24, 2.45) is 0 Å². The fraction of sp³-hybridized carbons (Fsp3) is 0.273. The fourth-order valence-electron chi connectivity index (χ4n) is 3.93. The molecule has 0 unspecified atom stereocenters. The molecule has 2 atom stereocenters. The maximum atomic E-state index is 13.2. The van der Waals surface area contributed by atoms with Crippen LogP contribution in [0.25, 0.3) is 12.2 Å². The minimum absolute atomic E-state index is 0.148. The predicted octanol–water partition coefficient (Wildman–Crippen LogP) is 1.95. The summed E-state index contributed by atoms with van der Waals surface area (Å²) in [5, 5.41) is 2.80. The number of carbonyl (C=O) groups excluding carboxylic acids is 2. The fourth-order valence-corrected chi connectivity index (χ4v) is 4.70. The van der Waals surface area contributed by atoms with E-state index in [4.69, 9.17) is 4.74 Å².